The minimum Gasteiger partial charge on any atom is -0.256 e. The fourth-order valence-corrected chi connectivity index (χ4v) is 2.81. The van der Waals surface area contributed by atoms with E-state index in [0.29, 0.717) is 6.90 Å². The lowest BCUT2D eigenvalue weighted by atomic mass is 9.96. The third-order valence-electron chi connectivity index (χ3n) is 3.65. The van der Waals surface area contributed by atoms with Gasteiger partial charge in [0, 0.05) is 18.3 Å². The molecule has 0 bridgehead atoms. The minimum atomic E-state index is 0.303. The van der Waals surface area contributed by atoms with Gasteiger partial charge in [-0.2, -0.15) is 0 Å². The van der Waals surface area contributed by atoms with Crippen LogP contribution in [0.15, 0.2) is 60.8 Å². The summed E-state index contributed by atoms with van der Waals surface area (Å²) in [4.78, 5) is 4.57. The van der Waals surface area contributed by atoms with E-state index >= 15 is 0 Å². The van der Waals surface area contributed by atoms with E-state index in [2.05, 4.69) is 47.4 Å². The molecule has 1 nitrogen and oxygen atoms in total. The average molecular weight is 244 g/mol. The maximum atomic E-state index is 7.57. The predicted molar refractivity (Wildman–Crippen MR) is 81.5 cm³/mol. The van der Waals surface area contributed by atoms with Gasteiger partial charge in [0.15, 0.2) is 0 Å². The van der Waals surface area contributed by atoms with E-state index in [1.807, 2.05) is 18.3 Å². The standard InChI is InChI=1S/C18H13N/c1-12-8-9-15-13-5-2-3-6-14(13)16-7-4-10-19-18(16)17(15)11-12/h2-11H,1H3/i1D. The van der Waals surface area contributed by atoms with Gasteiger partial charge < -0.3 is 0 Å². The Morgan fingerprint density at radius 3 is 2.37 bits per heavy atom. The third kappa shape index (κ3) is 1.45. The molecule has 0 saturated carbocycles. The van der Waals surface area contributed by atoms with Crippen molar-refractivity contribution in [2.75, 3.05) is 0 Å². The molecule has 1 heteroatoms. The third-order valence-corrected chi connectivity index (χ3v) is 3.65. The molecule has 0 aliphatic heterocycles. The molecule has 19 heavy (non-hydrogen) atoms. The highest BCUT2D eigenvalue weighted by molar-refractivity contribution is 6.24. The second-order valence-electron chi connectivity index (χ2n) is 4.83. The van der Waals surface area contributed by atoms with Gasteiger partial charge in [0.25, 0.3) is 0 Å². The second kappa shape index (κ2) is 3.79. The summed E-state index contributed by atoms with van der Waals surface area (Å²) >= 11 is 0. The van der Waals surface area contributed by atoms with Gasteiger partial charge in [-0.3, -0.25) is 4.98 Å². The summed E-state index contributed by atoms with van der Waals surface area (Å²) < 4.78 is 7.57. The fourth-order valence-electron chi connectivity index (χ4n) is 2.81. The highest BCUT2D eigenvalue weighted by Gasteiger charge is 2.08. The topological polar surface area (TPSA) is 12.9 Å². The van der Waals surface area contributed by atoms with Gasteiger partial charge in [-0.15, -0.1) is 0 Å². The molecular formula is C18H13N. The van der Waals surface area contributed by atoms with Crippen LogP contribution in [0.25, 0.3) is 32.4 Å². The minimum absolute atomic E-state index is 0.303. The smallest absolute Gasteiger partial charge is 0.0786 e. The summed E-state index contributed by atoms with van der Waals surface area (Å²) in [6.45, 7) is 0.303. The van der Waals surface area contributed by atoms with Gasteiger partial charge in [0.1, 0.15) is 0 Å². The first-order valence-electron chi connectivity index (χ1n) is 7.06. The first-order valence-corrected chi connectivity index (χ1v) is 6.36. The lowest BCUT2D eigenvalue weighted by molar-refractivity contribution is 1.43. The van der Waals surface area contributed by atoms with Crippen molar-refractivity contribution >= 4 is 32.4 Å². The van der Waals surface area contributed by atoms with Gasteiger partial charge in [0.05, 0.1) is 5.52 Å². The molecule has 0 fully saturated rings. The predicted octanol–water partition coefficient (Wildman–Crippen LogP) is 4.85. The zero-order valence-corrected chi connectivity index (χ0v) is 10.4. The van der Waals surface area contributed by atoms with Gasteiger partial charge in [-0.1, -0.05) is 48.0 Å². The van der Waals surface area contributed by atoms with Crippen LogP contribution in [0.1, 0.15) is 6.93 Å². The van der Waals surface area contributed by atoms with Crippen LogP contribution in [0, 0.1) is 6.90 Å². The van der Waals surface area contributed by atoms with Crippen molar-refractivity contribution in [2.24, 2.45) is 0 Å². The summed E-state index contributed by atoms with van der Waals surface area (Å²) in [5.74, 6) is 0. The molecule has 0 aliphatic rings. The van der Waals surface area contributed by atoms with Crippen LogP contribution >= 0.6 is 0 Å². The van der Waals surface area contributed by atoms with Crippen molar-refractivity contribution in [1.29, 1.82) is 0 Å². The zero-order chi connectivity index (χ0) is 13.5. The molecule has 0 N–H and O–H groups in total. The number of fused-ring (bicyclic) bond motifs is 6. The molecule has 1 aromatic heterocycles. The number of hydrogen-bond donors (Lipinski definition) is 0. The lowest BCUT2D eigenvalue weighted by Gasteiger charge is -2.09. The first kappa shape index (κ1) is 9.51. The number of rotatable bonds is 0. The van der Waals surface area contributed by atoms with E-state index < -0.39 is 0 Å². The van der Waals surface area contributed by atoms with Crippen LogP contribution in [0.2, 0.25) is 0 Å². The van der Waals surface area contributed by atoms with Crippen molar-refractivity contribution < 1.29 is 1.37 Å². The fraction of sp³-hybridized carbons (Fsp3) is 0.0556. The van der Waals surface area contributed by atoms with E-state index in [0.717, 1.165) is 16.5 Å². The van der Waals surface area contributed by atoms with E-state index in [9.17, 15) is 0 Å². The molecule has 1 heterocycles. The van der Waals surface area contributed by atoms with Crippen LogP contribution in [0.4, 0.5) is 0 Å². The Bertz CT molecular complexity index is 908. The number of nitrogens with zero attached hydrogens (tertiary/aromatic N) is 1. The molecule has 0 atom stereocenters. The Labute approximate surface area is 112 Å². The molecule has 0 radical (unpaired) electrons. The molecule has 0 saturated heterocycles. The number of hydrogen-bond acceptors (Lipinski definition) is 1. The molecule has 0 aliphatic carbocycles. The molecule has 90 valence electrons. The monoisotopic (exact) mass is 244 g/mol. The highest BCUT2D eigenvalue weighted by Crippen LogP contribution is 2.33. The summed E-state index contributed by atoms with van der Waals surface area (Å²) in [7, 11) is 0. The Hall–Kier alpha value is -2.41. The van der Waals surface area contributed by atoms with E-state index in [1.54, 1.807) is 0 Å². The normalized spacial score (nSPS) is 12.1. The van der Waals surface area contributed by atoms with Gasteiger partial charge >= 0.3 is 0 Å². The largest absolute Gasteiger partial charge is 0.256 e. The SMILES string of the molecule is [2H]Cc1ccc2c3ccccc3c3cccnc3c2c1. The van der Waals surface area contributed by atoms with Crippen molar-refractivity contribution in [1.82, 2.24) is 4.98 Å². The maximum Gasteiger partial charge on any atom is 0.0786 e. The number of benzene rings is 3. The molecular weight excluding hydrogens is 230 g/mol. The summed E-state index contributed by atoms with van der Waals surface area (Å²) in [5, 5.41) is 6.02. The van der Waals surface area contributed by atoms with Crippen molar-refractivity contribution in [3.63, 3.8) is 0 Å². The van der Waals surface area contributed by atoms with Crippen molar-refractivity contribution in [2.45, 2.75) is 6.90 Å². The second-order valence-corrected chi connectivity index (χ2v) is 4.83. The Morgan fingerprint density at radius 2 is 1.53 bits per heavy atom. The molecule has 0 amide bonds. The van der Waals surface area contributed by atoms with Crippen molar-refractivity contribution in [3.8, 4) is 0 Å². The Kier molecular flexibility index (Phi) is 1.90. The number of pyridine rings is 1. The van der Waals surface area contributed by atoms with Crippen molar-refractivity contribution in [3.05, 3.63) is 66.4 Å². The average Bonchev–Trinajstić information content (AvgIpc) is 2.54. The van der Waals surface area contributed by atoms with Gasteiger partial charge in [-0.05, 0) is 35.2 Å². The number of aryl methyl sites for hydroxylation is 1. The molecule has 0 spiro atoms. The summed E-state index contributed by atoms with van der Waals surface area (Å²) in [5.41, 5.74) is 2.05. The quantitative estimate of drug-likeness (QED) is 0.403. The summed E-state index contributed by atoms with van der Waals surface area (Å²) in [6, 6.07) is 18.8. The van der Waals surface area contributed by atoms with E-state index in [4.69, 9.17) is 1.37 Å². The van der Waals surface area contributed by atoms with Crippen LogP contribution in [-0.2, 0) is 0 Å². The Morgan fingerprint density at radius 1 is 0.789 bits per heavy atom. The van der Waals surface area contributed by atoms with Crippen LogP contribution < -0.4 is 0 Å². The van der Waals surface area contributed by atoms with Crippen LogP contribution in [0.3, 0.4) is 0 Å². The van der Waals surface area contributed by atoms with E-state index in [-0.39, 0.29) is 0 Å². The first-order chi connectivity index (χ1) is 9.88. The van der Waals surface area contributed by atoms with Crippen LogP contribution in [-0.4, -0.2) is 4.98 Å². The summed E-state index contributed by atoms with van der Waals surface area (Å²) in [6.07, 6.45) is 1.84. The highest BCUT2D eigenvalue weighted by atomic mass is 14.6. The maximum absolute atomic E-state index is 7.57. The lowest BCUT2D eigenvalue weighted by Crippen LogP contribution is -1.86. The van der Waals surface area contributed by atoms with Gasteiger partial charge in [0.2, 0.25) is 0 Å². The molecule has 3 aromatic carbocycles. The molecule has 4 rings (SSSR count). The Balaban J connectivity index is 2.35. The molecule has 0 unspecified atom stereocenters. The van der Waals surface area contributed by atoms with Crippen LogP contribution in [0.5, 0.6) is 0 Å². The van der Waals surface area contributed by atoms with E-state index in [1.165, 1.54) is 21.5 Å². The zero-order valence-electron chi connectivity index (χ0n) is 11.4. The van der Waals surface area contributed by atoms with Gasteiger partial charge in [-0.25, -0.2) is 0 Å². The molecule has 4 aromatic rings. The number of aromatic nitrogens is 1.